The maximum atomic E-state index is 13.7. The van der Waals surface area contributed by atoms with Gasteiger partial charge in [-0.3, -0.25) is 9.59 Å². The standard InChI is InChI=1S/C29H33FN6O5/c1-28(26(38)41-29(25(31)37)12-3-2-4-13-29)15-39-24(40-16-28)23-35-21(17-5-7-18(30)8-6-17)22(36-23)20-11-14-32-27(34-20)33-19-9-10-19/h5-8,11,14,19,24H,2-4,9-10,12-13,15-16H2,1H3,(H2,31,37)(H,35,36)(H,32,33,34). The number of amides is 1. The normalized spacial score (nSPS) is 24.0. The second-order valence-corrected chi connectivity index (χ2v) is 11.4. The van der Waals surface area contributed by atoms with Crippen LogP contribution in [0.15, 0.2) is 36.5 Å². The largest absolute Gasteiger partial charge is 0.448 e. The molecule has 0 unspecified atom stereocenters. The number of anilines is 1. The molecule has 1 aliphatic heterocycles. The number of H-pyrrole nitrogens is 1. The zero-order valence-corrected chi connectivity index (χ0v) is 22.8. The van der Waals surface area contributed by atoms with Crippen molar-refractivity contribution in [3.8, 4) is 22.6 Å². The second-order valence-electron chi connectivity index (χ2n) is 11.4. The van der Waals surface area contributed by atoms with Gasteiger partial charge in [0.25, 0.3) is 5.91 Å². The Balaban J connectivity index is 1.23. The number of nitrogens with zero attached hydrogens (tertiary/aromatic N) is 3. The third-order valence-electron chi connectivity index (χ3n) is 7.88. The number of carbonyl (C=O) groups is 2. The number of halogens is 1. The summed E-state index contributed by atoms with van der Waals surface area (Å²) in [6.45, 7) is 1.64. The van der Waals surface area contributed by atoms with E-state index in [-0.39, 0.29) is 19.0 Å². The number of benzene rings is 1. The van der Waals surface area contributed by atoms with Crippen molar-refractivity contribution in [2.75, 3.05) is 18.5 Å². The number of aromatic nitrogens is 4. The molecule has 3 heterocycles. The Labute approximate surface area is 236 Å². The molecule has 0 spiro atoms. The maximum Gasteiger partial charge on any atom is 0.317 e. The van der Waals surface area contributed by atoms with E-state index in [9.17, 15) is 14.0 Å². The van der Waals surface area contributed by atoms with Crippen molar-refractivity contribution >= 4 is 17.8 Å². The summed E-state index contributed by atoms with van der Waals surface area (Å²) in [4.78, 5) is 42.5. The Morgan fingerprint density at radius 3 is 2.44 bits per heavy atom. The topological polar surface area (TPSA) is 154 Å². The van der Waals surface area contributed by atoms with Gasteiger partial charge in [-0.2, -0.15) is 0 Å². The van der Waals surface area contributed by atoms with Gasteiger partial charge in [0, 0.05) is 17.8 Å². The lowest BCUT2D eigenvalue weighted by atomic mass is 9.83. The van der Waals surface area contributed by atoms with E-state index in [1.807, 2.05) is 0 Å². The highest BCUT2D eigenvalue weighted by Crippen LogP contribution is 2.39. The number of carbonyl (C=O) groups excluding carboxylic acids is 2. The molecule has 2 aromatic heterocycles. The molecular weight excluding hydrogens is 531 g/mol. The van der Waals surface area contributed by atoms with Crippen LogP contribution >= 0.6 is 0 Å². The van der Waals surface area contributed by atoms with Gasteiger partial charge >= 0.3 is 5.97 Å². The summed E-state index contributed by atoms with van der Waals surface area (Å²) >= 11 is 0. The molecule has 1 amide bonds. The van der Waals surface area contributed by atoms with Crippen molar-refractivity contribution < 1.29 is 28.2 Å². The van der Waals surface area contributed by atoms with Crippen LogP contribution in [0.4, 0.5) is 10.3 Å². The molecule has 1 saturated heterocycles. The van der Waals surface area contributed by atoms with Crippen LogP contribution in [0.5, 0.6) is 0 Å². The molecule has 1 aromatic carbocycles. The Morgan fingerprint density at radius 1 is 1.07 bits per heavy atom. The molecule has 4 N–H and O–H groups in total. The van der Waals surface area contributed by atoms with Crippen LogP contribution in [0.2, 0.25) is 0 Å². The Bertz CT molecular complexity index is 1430. The molecule has 2 saturated carbocycles. The van der Waals surface area contributed by atoms with E-state index in [1.165, 1.54) is 12.1 Å². The van der Waals surface area contributed by atoms with Crippen molar-refractivity contribution in [3.63, 3.8) is 0 Å². The lowest BCUT2D eigenvalue weighted by Gasteiger charge is -2.39. The zero-order valence-electron chi connectivity index (χ0n) is 22.8. The van der Waals surface area contributed by atoms with E-state index in [0.29, 0.717) is 53.3 Å². The van der Waals surface area contributed by atoms with E-state index in [1.54, 1.807) is 31.3 Å². The first-order chi connectivity index (χ1) is 19.7. The molecule has 216 valence electrons. The Morgan fingerprint density at radius 2 is 1.78 bits per heavy atom. The number of primary amides is 1. The molecule has 0 atom stereocenters. The number of nitrogens with two attached hydrogens (primary N) is 1. The third-order valence-corrected chi connectivity index (χ3v) is 7.88. The van der Waals surface area contributed by atoms with Gasteiger partial charge in [0.15, 0.2) is 11.4 Å². The summed E-state index contributed by atoms with van der Waals surface area (Å²) < 4.78 is 31.4. The molecule has 3 aromatic rings. The summed E-state index contributed by atoms with van der Waals surface area (Å²) in [6, 6.07) is 8.14. The minimum Gasteiger partial charge on any atom is -0.448 e. The van der Waals surface area contributed by atoms with Crippen molar-refractivity contribution in [2.45, 2.75) is 69.8 Å². The average molecular weight is 565 g/mol. The van der Waals surface area contributed by atoms with Gasteiger partial charge in [-0.15, -0.1) is 0 Å². The number of ether oxygens (including phenoxy) is 3. The number of esters is 1. The summed E-state index contributed by atoms with van der Waals surface area (Å²) in [5.41, 5.74) is 5.62. The number of nitrogens with one attached hydrogen (secondary N) is 2. The summed E-state index contributed by atoms with van der Waals surface area (Å²) in [6.07, 6.45) is 6.24. The van der Waals surface area contributed by atoms with Crippen molar-refractivity contribution in [1.82, 2.24) is 19.9 Å². The number of imidazole rings is 1. The van der Waals surface area contributed by atoms with Gasteiger partial charge in [-0.05, 0) is 75.8 Å². The number of aromatic amines is 1. The number of hydrogen-bond acceptors (Lipinski definition) is 9. The minimum absolute atomic E-state index is 0.0176. The van der Waals surface area contributed by atoms with Crippen LogP contribution in [0.1, 0.15) is 64.0 Å². The van der Waals surface area contributed by atoms with Crippen molar-refractivity contribution in [2.24, 2.45) is 11.1 Å². The van der Waals surface area contributed by atoms with Gasteiger partial charge in [0.05, 0.1) is 30.3 Å². The summed E-state index contributed by atoms with van der Waals surface area (Å²) in [5, 5.41) is 3.29. The monoisotopic (exact) mass is 564 g/mol. The molecule has 11 nitrogen and oxygen atoms in total. The maximum absolute atomic E-state index is 13.7. The van der Waals surface area contributed by atoms with Gasteiger partial charge in [0.1, 0.15) is 11.2 Å². The van der Waals surface area contributed by atoms with Crippen LogP contribution in [-0.4, -0.2) is 56.7 Å². The van der Waals surface area contributed by atoms with Crippen LogP contribution in [0.3, 0.4) is 0 Å². The summed E-state index contributed by atoms with van der Waals surface area (Å²) in [7, 11) is 0. The zero-order chi connectivity index (χ0) is 28.6. The van der Waals surface area contributed by atoms with Crippen LogP contribution in [0, 0.1) is 11.2 Å². The Kier molecular flexibility index (Phi) is 7.20. The fourth-order valence-electron chi connectivity index (χ4n) is 5.19. The van der Waals surface area contributed by atoms with E-state index in [4.69, 9.17) is 24.9 Å². The second kappa shape index (κ2) is 10.8. The molecule has 3 aliphatic rings. The third kappa shape index (κ3) is 5.66. The molecule has 3 fully saturated rings. The van der Waals surface area contributed by atoms with E-state index in [0.717, 1.165) is 32.1 Å². The molecule has 2 aliphatic carbocycles. The molecule has 41 heavy (non-hydrogen) atoms. The lowest BCUT2D eigenvalue weighted by Crippen LogP contribution is -2.53. The highest BCUT2D eigenvalue weighted by Gasteiger charge is 2.48. The quantitative estimate of drug-likeness (QED) is 0.344. The molecule has 0 bridgehead atoms. The van der Waals surface area contributed by atoms with E-state index in [2.05, 4.69) is 20.3 Å². The number of rotatable bonds is 8. The van der Waals surface area contributed by atoms with Gasteiger partial charge in [-0.1, -0.05) is 6.42 Å². The first kappa shape index (κ1) is 27.3. The fraction of sp³-hybridized carbons (Fsp3) is 0.483. The highest BCUT2D eigenvalue weighted by atomic mass is 19.1. The van der Waals surface area contributed by atoms with E-state index < -0.39 is 29.2 Å². The van der Waals surface area contributed by atoms with Gasteiger partial charge < -0.3 is 30.2 Å². The smallest absolute Gasteiger partial charge is 0.317 e. The van der Waals surface area contributed by atoms with Gasteiger partial charge in [-0.25, -0.2) is 19.3 Å². The number of hydrogen-bond donors (Lipinski definition) is 3. The van der Waals surface area contributed by atoms with Crippen LogP contribution < -0.4 is 11.1 Å². The van der Waals surface area contributed by atoms with Crippen LogP contribution in [-0.2, 0) is 23.8 Å². The van der Waals surface area contributed by atoms with Gasteiger partial charge in [0.2, 0.25) is 12.2 Å². The van der Waals surface area contributed by atoms with Crippen LogP contribution in [0.25, 0.3) is 22.6 Å². The average Bonchev–Trinajstić information content (AvgIpc) is 3.68. The lowest BCUT2D eigenvalue weighted by molar-refractivity contribution is -0.243. The highest BCUT2D eigenvalue weighted by molar-refractivity contribution is 5.88. The first-order valence-corrected chi connectivity index (χ1v) is 14.0. The van der Waals surface area contributed by atoms with E-state index >= 15 is 0 Å². The fourth-order valence-corrected chi connectivity index (χ4v) is 5.19. The summed E-state index contributed by atoms with van der Waals surface area (Å²) in [5.74, 6) is -0.689. The Hall–Kier alpha value is -3.90. The van der Waals surface area contributed by atoms with Crippen molar-refractivity contribution in [1.29, 1.82) is 0 Å². The van der Waals surface area contributed by atoms with Crippen molar-refractivity contribution in [3.05, 3.63) is 48.2 Å². The SMILES string of the molecule is CC1(C(=O)OC2(C(N)=O)CCCCC2)COC(c2nc(-c3ccc(F)cc3)c(-c3ccnc(NC4CC4)n3)[nH]2)OC1. The molecule has 6 rings (SSSR count). The predicted molar refractivity (Wildman–Crippen MR) is 146 cm³/mol. The minimum atomic E-state index is -1.29. The molecule has 12 heteroatoms. The predicted octanol–water partition coefficient (Wildman–Crippen LogP) is 4.03. The molecular formula is C29H33FN6O5. The molecule has 0 radical (unpaired) electrons. The first-order valence-electron chi connectivity index (χ1n) is 14.0.